The van der Waals surface area contributed by atoms with Crippen LogP contribution in [0.15, 0.2) is 42.6 Å². The van der Waals surface area contributed by atoms with Crippen LogP contribution in [-0.4, -0.2) is 30.0 Å². The number of hydrogen-bond donors (Lipinski definition) is 0. The van der Waals surface area contributed by atoms with E-state index in [0.29, 0.717) is 0 Å². The third kappa shape index (κ3) is 2.86. The lowest BCUT2D eigenvalue weighted by Gasteiger charge is -2.30. The van der Waals surface area contributed by atoms with Crippen LogP contribution in [0.1, 0.15) is 24.0 Å². The Morgan fingerprint density at radius 1 is 1.18 bits per heavy atom. The van der Waals surface area contributed by atoms with Gasteiger partial charge in [-0.1, -0.05) is 12.1 Å². The first-order chi connectivity index (χ1) is 10.8. The van der Waals surface area contributed by atoms with Crippen LogP contribution >= 0.6 is 0 Å². The maximum atomic E-state index is 4.45. The standard InChI is InChI=1S/C19H23N3/c1-21(19-4-2-3-10-20-19)18-8-7-16-9-11-22(13-15-5-6-15)14-17(16)12-18/h2-4,7-8,10,12,15H,5-6,9,11,13-14H2,1H3. The number of nitrogens with zero attached hydrogens (tertiary/aromatic N) is 3. The van der Waals surface area contributed by atoms with Crippen molar-refractivity contribution >= 4 is 11.5 Å². The molecule has 1 fully saturated rings. The van der Waals surface area contributed by atoms with Crippen LogP contribution in [0.4, 0.5) is 11.5 Å². The zero-order chi connectivity index (χ0) is 14.9. The summed E-state index contributed by atoms with van der Waals surface area (Å²) in [7, 11) is 2.09. The Balaban J connectivity index is 1.55. The molecule has 1 aromatic heterocycles. The summed E-state index contributed by atoms with van der Waals surface area (Å²) in [5, 5.41) is 0. The van der Waals surface area contributed by atoms with Crippen LogP contribution in [0, 0.1) is 5.92 Å². The zero-order valence-corrected chi connectivity index (χ0v) is 13.2. The van der Waals surface area contributed by atoms with Gasteiger partial charge in [0, 0.05) is 38.6 Å². The summed E-state index contributed by atoms with van der Waals surface area (Å²) in [5.74, 6) is 1.97. The minimum Gasteiger partial charge on any atom is -0.329 e. The molecule has 0 amide bonds. The Bertz CT molecular complexity index is 649. The molecule has 0 unspecified atom stereocenters. The van der Waals surface area contributed by atoms with Crippen LogP contribution in [0.25, 0.3) is 0 Å². The van der Waals surface area contributed by atoms with Gasteiger partial charge in [0.2, 0.25) is 0 Å². The fraction of sp³-hybridized carbons (Fsp3) is 0.421. The second-order valence-corrected chi connectivity index (χ2v) is 6.63. The molecule has 0 radical (unpaired) electrons. The van der Waals surface area contributed by atoms with Gasteiger partial charge in [0.15, 0.2) is 0 Å². The van der Waals surface area contributed by atoms with E-state index in [-0.39, 0.29) is 0 Å². The van der Waals surface area contributed by atoms with E-state index in [1.807, 2.05) is 18.3 Å². The summed E-state index contributed by atoms with van der Waals surface area (Å²) in [5.41, 5.74) is 4.24. The molecule has 1 aromatic carbocycles. The van der Waals surface area contributed by atoms with Crippen molar-refractivity contribution < 1.29 is 0 Å². The highest BCUT2D eigenvalue weighted by Gasteiger charge is 2.26. The molecule has 114 valence electrons. The maximum absolute atomic E-state index is 4.45. The number of rotatable bonds is 4. The molecule has 2 aliphatic rings. The molecular weight excluding hydrogens is 270 g/mol. The summed E-state index contributed by atoms with van der Waals surface area (Å²) < 4.78 is 0. The van der Waals surface area contributed by atoms with Crippen molar-refractivity contribution in [1.29, 1.82) is 0 Å². The van der Waals surface area contributed by atoms with Crippen molar-refractivity contribution in [2.45, 2.75) is 25.8 Å². The molecule has 22 heavy (non-hydrogen) atoms. The smallest absolute Gasteiger partial charge is 0.132 e. The largest absolute Gasteiger partial charge is 0.329 e. The Hall–Kier alpha value is -1.87. The molecule has 3 nitrogen and oxygen atoms in total. The van der Waals surface area contributed by atoms with Crippen LogP contribution < -0.4 is 4.90 Å². The molecular formula is C19H23N3. The van der Waals surface area contributed by atoms with Crippen molar-refractivity contribution in [1.82, 2.24) is 9.88 Å². The summed E-state index contributed by atoms with van der Waals surface area (Å²) in [4.78, 5) is 9.24. The molecule has 0 bridgehead atoms. The Kier molecular flexibility index (Phi) is 3.59. The first-order valence-electron chi connectivity index (χ1n) is 8.28. The van der Waals surface area contributed by atoms with Gasteiger partial charge in [0.05, 0.1) is 0 Å². The molecule has 1 aliphatic heterocycles. The average molecular weight is 293 g/mol. The fourth-order valence-corrected chi connectivity index (χ4v) is 3.32. The normalized spacial score (nSPS) is 18.0. The lowest BCUT2D eigenvalue weighted by Crippen LogP contribution is -2.32. The molecule has 0 spiro atoms. The minimum atomic E-state index is 0.973. The van der Waals surface area contributed by atoms with Gasteiger partial charge in [0.25, 0.3) is 0 Å². The number of hydrogen-bond acceptors (Lipinski definition) is 3. The van der Waals surface area contributed by atoms with E-state index >= 15 is 0 Å². The third-order valence-electron chi connectivity index (χ3n) is 4.87. The number of pyridine rings is 1. The van der Waals surface area contributed by atoms with Gasteiger partial charge < -0.3 is 4.90 Å². The monoisotopic (exact) mass is 293 g/mol. The summed E-state index contributed by atoms with van der Waals surface area (Å²) in [6, 6.07) is 12.9. The minimum absolute atomic E-state index is 0.973. The van der Waals surface area contributed by atoms with Gasteiger partial charge in [-0.05, 0) is 60.6 Å². The fourth-order valence-electron chi connectivity index (χ4n) is 3.32. The first kappa shape index (κ1) is 13.8. The van der Waals surface area contributed by atoms with Gasteiger partial charge in [-0.15, -0.1) is 0 Å². The van der Waals surface area contributed by atoms with E-state index in [9.17, 15) is 0 Å². The van der Waals surface area contributed by atoms with E-state index < -0.39 is 0 Å². The number of aromatic nitrogens is 1. The third-order valence-corrected chi connectivity index (χ3v) is 4.87. The number of benzene rings is 1. The molecule has 0 atom stereocenters. The molecule has 0 N–H and O–H groups in total. The van der Waals surface area contributed by atoms with E-state index in [0.717, 1.165) is 18.3 Å². The van der Waals surface area contributed by atoms with Crippen LogP contribution in [-0.2, 0) is 13.0 Å². The first-order valence-corrected chi connectivity index (χ1v) is 8.28. The molecule has 3 heteroatoms. The van der Waals surface area contributed by atoms with Crippen molar-refractivity contribution in [2.75, 3.05) is 25.0 Å². The van der Waals surface area contributed by atoms with E-state index in [1.54, 1.807) is 0 Å². The van der Waals surface area contributed by atoms with Crippen molar-refractivity contribution in [3.8, 4) is 0 Å². The second-order valence-electron chi connectivity index (χ2n) is 6.63. The lowest BCUT2D eigenvalue weighted by molar-refractivity contribution is 0.244. The average Bonchev–Trinajstić information content (AvgIpc) is 3.38. The quantitative estimate of drug-likeness (QED) is 0.858. The summed E-state index contributed by atoms with van der Waals surface area (Å²) in [6.45, 7) is 3.62. The second kappa shape index (κ2) is 5.73. The molecule has 0 saturated heterocycles. The van der Waals surface area contributed by atoms with E-state index in [1.165, 1.54) is 49.2 Å². The van der Waals surface area contributed by atoms with Gasteiger partial charge in [-0.25, -0.2) is 4.98 Å². The van der Waals surface area contributed by atoms with Gasteiger partial charge >= 0.3 is 0 Å². The van der Waals surface area contributed by atoms with E-state index in [4.69, 9.17) is 0 Å². The Morgan fingerprint density at radius 3 is 2.86 bits per heavy atom. The molecule has 2 heterocycles. The Morgan fingerprint density at radius 2 is 2.09 bits per heavy atom. The predicted octanol–water partition coefficient (Wildman–Crippen LogP) is 3.62. The van der Waals surface area contributed by atoms with E-state index in [2.05, 4.69) is 46.1 Å². The van der Waals surface area contributed by atoms with Crippen LogP contribution in [0.2, 0.25) is 0 Å². The molecule has 4 rings (SSSR count). The topological polar surface area (TPSA) is 19.4 Å². The van der Waals surface area contributed by atoms with Gasteiger partial charge in [0.1, 0.15) is 5.82 Å². The number of anilines is 2. The SMILES string of the molecule is CN(c1ccc2c(c1)CN(CC1CC1)CC2)c1ccccn1. The van der Waals surface area contributed by atoms with Crippen molar-refractivity contribution in [3.05, 3.63) is 53.7 Å². The highest BCUT2D eigenvalue weighted by atomic mass is 15.2. The highest BCUT2D eigenvalue weighted by Crippen LogP contribution is 2.32. The molecule has 1 saturated carbocycles. The molecule has 2 aromatic rings. The van der Waals surface area contributed by atoms with Crippen LogP contribution in [0.5, 0.6) is 0 Å². The van der Waals surface area contributed by atoms with Crippen molar-refractivity contribution in [2.24, 2.45) is 5.92 Å². The zero-order valence-electron chi connectivity index (χ0n) is 13.2. The summed E-state index contributed by atoms with van der Waals surface area (Å²) >= 11 is 0. The molecule has 1 aliphatic carbocycles. The highest BCUT2D eigenvalue weighted by molar-refractivity contribution is 5.60. The van der Waals surface area contributed by atoms with Crippen molar-refractivity contribution in [3.63, 3.8) is 0 Å². The Labute approximate surface area is 132 Å². The van der Waals surface area contributed by atoms with Gasteiger partial charge in [-0.2, -0.15) is 0 Å². The number of fused-ring (bicyclic) bond motifs is 1. The predicted molar refractivity (Wildman–Crippen MR) is 90.4 cm³/mol. The summed E-state index contributed by atoms with van der Waals surface area (Å²) in [6.07, 6.45) is 5.91. The van der Waals surface area contributed by atoms with Crippen LogP contribution in [0.3, 0.4) is 0 Å². The van der Waals surface area contributed by atoms with Gasteiger partial charge in [-0.3, -0.25) is 4.90 Å². The lowest BCUT2D eigenvalue weighted by atomic mass is 9.98. The maximum Gasteiger partial charge on any atom is 0.132 e.